The molecule has 1 aliphatic rings. The lowest BCUT2D eigenvalue weighted by atomic mass is 9.98. The molecule has 0 unspecified atom stereocenters. The van der Waals surface area contributed by atoms with E-state index in [2.05, 4.69) is 0 Å². The average molecular weight is 215 g/mol. The van der Waals surface area contributed by atoms with Gasteiger partial charge in [-0.3, -0.25) is 9.69 Å². The summed E-state index contributed by atoms with van der Waals surface area (Å²) in [6.07, 6.45) is 2.23. The molecule has 0 spiro atoms. The van der Waals surface area contributed by atoms with Crippen molar-refractivity contribution in [1.82, 2.24) is 4.90 Å². The van der Waals surface area contributed by atoms with E-state index in [0.29, 0.717) is 5.92 Å². The summed E-state index contributed by atoms with van der Waals surface area (Å²) in [4.78, 5) is 12.9. The summed E-state index contributed by atoms with van der Waals surface area (Å²) in [6.45, 7) is 7.00. The monoisotopic (exact) mass is 215 g/mol. The molecule has 1 heterocycles. The third kappa shape index (κ3) is 3.80. The molecule has 0 aromatic rings. The zero-order chi connectivity index (χ0) is 11.3. The van der Waals surface area contributed by atoms with Crippen LogP contribution < -0.4 is 0 Å². The molecule has 0 aromatic carbocycles. The second-order valence-electron chi connectivity index (χ2n) is 4.18. The lowest BCUT2D eigenvalue weighted by Gasteiger charge is -2.34. The third-order valence-electron chi connectivity index (χ3n) is 3.01. The van der Waals surface area contributed by atoms with Crippen molar-refractivity contribution in [2.45, 2.75) is 32.7 Å². The van der Waals surface area contributed by atoms with Gasteiger partial charge in [-0.2, -0.15) is 0 Å². The number of rotatable bonds is 5. The van der Waals surface area contributed by atoms with Gasteiger partial charge in [-0.15, -0.1) is 0 Å². The number of likely N-dealkylation sites (tertiary alicyclic amines) is 1. The highest BCUT2D eigenvalue weighted by atomic mass is 16.5. The molecular weight excluding hydrogens is 194 g/mol. The molecule has 4 nitrogen and oxygen atoms in total. The summed E-state index contributed by atoms with van der Waals surface area (Å²) in [5, 5.41) is 8.92. The zero-order valence-corrected chi connectivity index (χ0v) is 9.61. The SMILES string of the molecule is CCOC[C@@H]1CCCN([C@H](C)C(=O)O)C1. The van der Waals surface area contributed by atoms with Crippen molar-refractivity contribution in [3.05, 3.63) is 0 Å². The molecule has 0 bridgehead atoms. The Bertz CT molecular complexity index is 208. The van der Waals surface area contributed by atoms with Crippen molar-refractivity contribution in [3.63, 3.8) is 0 Å². The van der Waals surface area contributed by atoms with Crippen LogP contribution in [0, 0.1) is 5.92 Å². The fraction of sp³-hybridized carbons (Fsp3) is 0.909. The van der Waals surface area contributed by atoms with Crippen LogP contribution >= 0.6 is 0 Å². The van der Waals surface area contributed by atoms with E-state index in [1.54, 1.807) is 6.92 Å². The highest BCUT2D eigenvalue weighted by molar-refractivity contribution is 5.72. The number of ether oxygens (including phenoxy) is 1. The van der Waals surface area contributed by atoms with Crippen LogP contribution in [0.4, 0.5) is 0 Å². The second kappa shape index (κ2) is 6.08. The Balaban J connectivity index is 2.38. The number of carbonyl (C=O) groups is 1. The van der Waals surface area contributed by atoms with E-state index >= 15 is 0 Å². The summed E-state index contributed by atoms with van der Waals surface area (Å²) in [7, 11) is 0. The molecular formula is C11H21NO3. The van der Waals surface area contributed by atoms with Crippen LogP contribution in [-0.4, -0.2) is 48.3 Å². The molecule has 88 valence electrons. The van der Waals surface area contributed by atoms with Crippen LogP contribution in [-0.2, 0) is 9.53 Å². The van der Waals surface area contributed by atoms with Crippen molar-refractivity contribution in [2.75, 3.05) is 26.3 Å². The molecule has 1 saturated heterocycles. The largest absolute Gasteiger partial charge is 0.480 e. The molecule has 15 heavy (non-hydrogen) atoms. The third-order valence-corrected chi connectivity index (χ3v) is 3.01. The van der Waals surface area contributed by atoms with Crippen molar-refractivity contribution in [3.8, 4) is 0 Å². The standard InChI is InChI=1S/C11H21NO3/c1-3-15-8-10-5-4-6-12(7-10)9(2)11(13)14/h9-10H,3-8H2,1-2H3,(H,13,14)/t9-,10-/m1/s1. The first kappa shape index (κ1) is 12.5. The van der Waals surface area contributed by atoms with E-state index in [9.17, 15) is 4.79 Å². The van der Waals surface area contributed by atoms with Crippen LogP contribution in [0.3, 0.4) is 0 Å². The Morgan fingerprint density at radius 2 is 2.40 bits per heavy atom. The number of hydrogen-bond donors (Lipinski definition) is 1. The molecule has 0 aliphatic carbocycles. The highest BCUT2D eigenvalue weighted by Gasteiger charge is 2.26. The molecule has 1 rings (SSSR count). The van der Waals surface area contributed by atoms with Gasteiger partial charge in [0.15, 0.2) is 0 Å². The van der Waals surface area contributed by atoms with Crippen LogP contribution in [0.2, 0.25) is 0 Å². The van der Waals surface area contributed by atoms with Gasteiger partial charge in [0.2, 0.25) is 0 Å². The Morgan fingerprint density at radius 1 is 1.67 bits per heavy atom. The van der Waals surface area contributed by atoms with Crippen LogP contribution in [0.15, 0.2) is 0 Å². The Kier molecular flexibility index (Phi) is 5.05. The Hall–Kier alpha value is -0.610. The van der Waals surface area contributed by atoms with Gasteiger partial charge < -0.3 is 9.84 Å². The van der Waals surface area contributed by atoms with E-state index in [-0.39, 0.29) is 6.04 Å². The number of carboxylic acids is 1. The number of hydrogen-bond acceptors (Lipinski definition) is 3. The van der Waals surface area contributed by atoms with Gasteiger partial charge in [0.05, 0.1) is 6.61 Å². The second-order valence-corrected chi connectivity index (χ2v) is 4.18. The number of nitrogens with zero attached hydrogens (tertiary/aromatic N) is 1. The molecule has 1 N–H and O–H groups in total. The maximum atomic E-state index is 10.8. The summed E-state index contributed by atoms with van der Waals surface area (Å²) >= 11 is 0. The fourth-order valence-electron chi connectivity index (χ4n) is 2.03. The highest BCUT2D eigenvalue weighted by Crippen LogP contribution is 2.18. The van der Waals surface area contributed by atoms with Crippen LogP contribution in [0.25, 0.3) is 0 Å². The summed E-state index contributed by atoms with van der Waals surface area (Å²) in [5.74, 6) is -0.229. The van der Waals surface area contributed by atoms with Crippen LogP contribution in [0.5, 0.6) is 0 Å². The fourth-order valence-corrected chi connectivity index (χ4v) is 2.03. The van der Waals surface area contributed by atoms with E-state index < -0.39 is 5.97 Å². The van der Waals surface area contributed by atoms with Gasteiger partial charge in [-0.25, -0.2) is 0 Å². The Labute approximate surface area is 91.2 Å². The average Bonchev–Trinajstić information content (AvgIpc) is 2.25. The summed E-state index contributed by atoms with van der Waals surface area (Å²) < 4.78 is 5.39. The van der Waals surface area contributed by atoms with Gasteiger partial charge >= 0.3 is 5.97 Å². The smallest absolute Gasteiger partial charge is 0.320 e. The quantitative estimate of drug-likeness (QED) is 0.749. The van der Waals surface area contributed by atoms with Gasteiger partial charge in [-0.05, 0) is 39.2 Å². The minimum Gasteiger partial charge on any atom is -0.480 e. The normalized spacial score (nSPS) is 25.1. The maximum Gasteiger partial charge on any atom is 0.320 e. The minimum absolute atomic E-state index is 0.366. The molecule has 0 radical (unpaired) electrons. The van der Waals surface area contributed by atoms with Crippen LogP contribution in [0.1, 0.15) is 26.7 Å². The predicted octanol–water partition coefficient (Wildman–Crippen LogP) is 1.21. The molecule has 1 fully saturated rings. The summed E-state index contributed by atoms with van der Waals surface area (Å²) in [5.41, 5.74) is 0. The van der Waals surface area contributed by atoms with Crippen molar-refractivity contribution >= 4 is 5.97 Å². The van der Waals surface area contributed by atoms with Crippen molar-refractivity contribution in [1.29, 1.82) is 0 Å². The van der Waals surface area contributed by atoms with E-state index in [1.165, 1.54) is 0 Å². The van der Waals surface area contributed by atoms with Gasteiger partial charge in [-0.1, -0.05) is 0 Å². The lowest BCUT2D eigenvalue weighted by molar-refractivity contribution is -0.143. The van der Waals surface area contributed by atoms with E-state index in [4.69, 9.17) is 9.84 Å². The number of carboxylic acid groups (broad SMARTS) is 1. The summed E-state index contributed by atoms with van der Waals surface area (Å²) in [6, 6.07) is -0.366. The minimum atomic E-state index is -0.730. The van der Waals surface area contributed by atoms with Crippen molar-refractivity contribution in [2.24, 2.45) is 5.92 Å². The van der Waals surface area contributed by atoms with Crippen molar-refractivity contribution < 1.29 is 14.6 Å². The number of piperidine rings is 1. The zero-order valence-electron chi connectivity index (χ0n) is 9.61. The predicted molar refractivity (Wildman–Crippen MR) is 57.9 cm³/mol. The Morgan fingerprint density at radius 3 is 3.00 bits per heavy atom. The number of aliphatic carboxylic acids is 1. The molecule has 2 atom stereocenters. The first-order valence-corrected chi connectivity index (χ1v) is 5.69. The molecule has 4 heteroatoms. The van der Waals surface area contributed by atoms with E-state index in [0.717, 1.165) is 39.1 Å². The lowest BCUT2D eigenvalue weighted by Crippen LogP contribution is -2.45. The first-order valence-electron chi connectivity index (χ1n) is 5.69. The molecule has 0 amide bonds. The van der Waals surface area contributed by atoms with Gasteiger partial charge in [0, 0.05) is 13.2 Å². The molecule has 0 saturated carbocycles. The van der Waals surface area contributed by atoms with E-state index in [1.807, 2.05) is 11.8 Å². The molecule has 1 aliphatic heterocycles. The van der Waals surface area contributed by atoms with Gasteiger partial charge in [0.1, 0.15) is 6.04 Å². The van der Waals surface area contributed by atoms with Gasteiger partial charge in [0.25, 0.3) is 0 Å². The maximum absolute atomic E-state index is 10.8. The first-order chi connectivity index (χ1) is 7.15. The topological polar surface area (TPSA) is 49.8 Å². The molecule has 0 aromatic heterocycles.